The Kier molecular flexibility index (Phi) is 5.44. The van der Waals surface area contributed by atoms with Gasteiger partial charge in [0.2, 0.25) is 11.8 Å². The molecule has 4 rings (SSSR count). The second-order valence-electron chi connectivity index (χ2n) is 9.32. The van der Waals surface area contributed by atoms with Gasteiger partial charge in [-0.05, 0) is 49.3 Å². The first kappa shape index (κ1) is 19.4. The number of carbonyl (C=O) groups is 2. The summed E-state index contributed by atoms with van der Waals surface area (Å²) in [6, 6.07) is 4.61. The van der Waals surface area contributed by atoms with E-state index < -0.39 is 0 Å². The highest BCUT2D eigenvalue weighted by atomic mass is 16.2. The summed E-state index contributed by atoms with van der Waals surface area (Å²) in [4.78, 5) is 34.2. The molecule has 1 aliphatic carbocycles. The van der Waals surface area contributed by atoms with Gasteiger partial charge >= 0.3 is 0 Å². The third kappa shape index (κ3) is 3.33. The Balaban J connectivity index is 1.49. The molecule has 2 amide bonds. The van der Waals surface area contributed by atoms with Gasteiger partial charge in [-0.3, -0.25) is 14.6 Å². The Morgan fingerprint density at radius 3 is 2.39 bits per heavy atom. The van der Waals surface area contributed by atoms with Crippen LogP contribution in [0.3, 0.4) is 0 Å². The van der Waals surface area contributed by atoms with E-state index in [1.165, 1.54) is 12.0 Å². The van der Waals surface area contributed by atoms with E-state index in [-0.39, 0.29) is 23.4 Å². The number of piperidine rings is 1. The highest BCUT2D eigenvalue weighted by Gasteiger charge is 2.62. The second-order valence-corrected chi connectivity index (χ2v) is 9.32. The molecule has 5 nitrogen and oxygen atoms in total. The van der Waals surface area contributed by atoms with Crippen LogP contribution in [0.2, 0.25) is 0 Å². The number of hydrogen-bond donors (Lipinski definition) is 0. The Labute approximate surface area is 168 Å². The van der Waals surface area contributed by atoms with Crippen molar-refractivity contribution in [1.82, 2.24) is 14.8 Å². The molecule has 1 unspecified atom stereocenters. The molecule has 28 heavy (non-hydrogen) atoms. The van der Waals surface area contributed by atoms with E-state index in [4.69, 9.17) is 0 Å². The van der Waals surface area contributed by atoms with Gasteiger partial charge in [0.15, 0.2) is 0 Å². The van der Waals surface area contributed by atoms with Crippen LogP contribution in [0.5, 0.6) is 0 Å². The van der Waals surface area contributed by atoms with E-state index in [2.05, 4.69) is 35.9 Å². The number of pyridine rings is 1. The van der Waals surface area contributed by atoms with Gasteiger partial charge in [0.05, 0.1) is 11.5 Å². The van der Waals surface area contributed by atoms with Gasteiger partial charge < -0.3 is 9.80 Å². The van der Waals surface area contributed by atoms with Gasteiger partial charge in [0.25, 0.3) is 0 Å². The SMILES string of the molecule is CC(C)CC(=O)N1CCC(N2C(=O)C3(CCCCC3)C2c2ccncc2)CC1. The molecule has 2 saturated heterocycles. The number of β-lactam (4-membered cyclic amide) rings is 1. The normalized spacial score (nSPS) is 25.2. The standard InChI is InChI=1S/C23H33N3O2/c1-17(2)16-20(27)25-14-8-19(9-15-25)26-21(18-6-12-24-13-7-18)23(22(26)28)10-4-3-5-11-23/h6-7,12-13,17,19,21H,3-5,8-11,14-16H2,1-2H3. The van der Waals surface area contributed by atoms with Crippen molar-refractivity contribution in [2.45, 2.75) is 77.3 Å². The minimum atomic E-state index is -0.190. The zero-order valence-electron chi connectivity index (χ0n) is 17.3. The molecule has 0 bridgehead atoms. The van der Waals surface area contributed by atoms with Crippen molar-refractivity contribution in [3.8, 4) is 0 Å². The fourth-order valence-electron chi connectivity index (χ4n) is 5.64. The minimum absolute atomic E-state index is 0.186. The molecular formula is C23H33N3O2. The second kappa shape index (κ2) is 7.84. The van der Waals surface area contributed by atoms with Gasteiger partial charge in [0.1, 0.15) is 0 Å². The monoisotopic (exact) mass is 383 g/mol. The fraction of sp³-hybridized carbons (Fsp3) is 0.696. The van der Waals surface area contributed by atoms with Crippen LogP contribution in [0.15, 0.2) is 24.5 Å². The van der Waals surface area contributed by atoms with Crippen molar-refractivity contribution in [2.75, 3.05) is 13.1 Å². The summed E-state index contributed by atoms with van der Waals surface area (Å²) in [5.41, 5.74) is 1.04. The zero-order chi connectivity index (χ0) is 19.7. The summed E-state index contributed by atoms with van der Waals surface area (Å²) in [5, 5.41) is 0. The maximum absolute atomic E-state index is 13.4. The number of carbonyl (C=O) groups excluding carboxylic acids is 2. The Morgan fingerprint density at radius 2 is 1.79 bits per heavy atom. The quantitative estimate of drug-likeness (QED) is 0.740. The van der Waals surface area contributed by atoms with Crippen molar-refractivity contribution >= 4 is 11.8 Å². The van der Waals surface area contributed by atoms with Gasteiger partial charge in [0, 0.05) is 37.9 Å². The van der Waals surface area contributed by atoms with Crippen LogP contribution in [0.4, 0.5) is 0 Å². The number of likely N-dealkylation sites (tertiary alicyclic amines) is 2. The average molecular weight is 384 g/mol. The molecule has 1 atom stereocenters. The highest BCUT2D eigenvalue weighted by molar-refractivity contribution is 5.91. The number of rotatable bonds is 4. The lowest BCUT2D eigenvalue weighted by Gasteiger charge is -2.61. The zero-order valence-corrected chi connectivity index (χ0v) is 17.3. The summed E-state index contributed by atoms with van der Waals surface area (Å²) in [6.07, 6.45) is 11.7. The van der Waals surface area contributed by atoms with Crippen molar-refractivity contribution < 1.29 is 9.59 Å². The summed E-state index contributed by atoms with van der Waals surface area (Å²) in [6.45, 7) is 5.73. The van der Waals surface area contributed by atoms with E-state index in [1.807, 2.05) is 17.3 Å². The van der Waals surface area contributed by atoms with Crippen molar-refractivity contribution in [2.24, 2.45) is 11.3 Å². The van der Waals surface area contributed by atoms with Crippen LogP contribution in [-0.4, -0.2) is 45.7 Å². The molecule has 0 N–H and O–H groups in total. The summed E-state index contributed by atoms with van der Waals surface area (Å²) >= 11 is 0. The predicted octanol–water partition coefficient (Wildman–Crippen LogP) is 3.95. The Hall–Kier alpha value is -1.91. The lowest BCUT2D eigenvalue weighted by Crippen LogP contribution is -2.67. The third-order valence-electron chi connectivity index (χ3n) is 7.02. The maximum atomic E-state index is 13.4. The molecule has 5 heteroatoms. The molecule has 1 aromatic rings. The first-order chi connectivity index (χ1) is 13.5. The smallest absolute Gasteiger partial charge is 0.232 e. The molecule has 3 heterocycles. The van der Waals surface area contributed by atoms with Gasteiger partial charge in [-0.2, -0.15) is 0 Å². The Bertz CT molecular complexity index is 704. The molecule has 0 aromatic carbocycles. The third-order valence-corrected chi connectivity index (χ3v) is 7.02. The summed E-state index contributed by atoms with van der Waals surface area (Å²) < 4.78 is 0. The van der Waals surface area contributed by atoms with Crippen LogP contribution in [0.25, 0.3) is 0 Å². The fourth-order valence-corrected chi connectivity index (χ4v) is 5.64. The van der Waals surface area contributed by atoms with E-state index in [9.17, 15) is 9.59 Å². The number of hydrogen-bond acceptors (Lipinski definition) is 3. The van der Waals surface area contributed by atoms with Crippen LogP contribution >= 0.6 is 0 Å². The molecule has 2 aliphatic heterocycles. The van der Waals surface area contributed by atoms with Crippen molar-refractivity contribution in [3.05, 3.63) is 30.1 Å². The number of nitrogens with zero attached hydrogens (tertiary/aromatic N) is 3. The Morgan fingerprint density at radius 1 is 1.14 bits per heavy atom. The number of aromatic nitrogens is 1. The van der Waals surface area contributed by atoms with Gasteiger partial charge in [-0.1, -0.05) is 33.1 Å². The van der Waals surface area contributed by atoms with E-state index in [1.54, 1.807) is 0 Å². The average Bonchev–Trinajstić information content (AvgIpc) is 2.72. The number of amides is 2. The van der Waals surface area contributed by atoms with Crippen molar-refractivity contribution in [3.63, 3.8) is 0 Å². The molecule has 3 fully saturated rings. The maximum Gasteiger partial charge on any atom is 0.232 e. The molecule has 1 saturated carbocycles. The first-order valence-electron chi connectivity index (χ1n) is 11.0. The largest absolute Gasteiger partial charge is 0.343 e. The van der Waals surface area contributed by atoms with E-state index in [0.717, 1.165) is 51.6 Å². The molecular weight excluding hydrogens is 350 g/mol. The van der Waals surface area contributed by atoms with Crippen LogP contribution in [-0.2, 0) is 9.59 Å². The van der Waals surface area contributed by atoms with Gasteiger partial charge in [-0.25, -0.2) is 0 Å². The van der Waals surface area contributed by atoms with Crippen LogP contribution < -0.4 is 0 Å². The first-order valence-corrected chi connectivity index (χ1v) is 11.0. The van der Waals surface area contributed by atoms with E-state index in [0.29, 0.717) is 18.2 Å². The predicted molar refractivity (Wildman–Crippen MR) is 108 cm³/mol. The molecule has 3 aliphatic rings. The summed E-state index contributed by atoms with van der Waals surface area (Å²) in [5.74, 6) is 1.02. The van der Waals surface area contributed by atoms with Crippen LogP contribution in [0, 0.1) is 11.3 Å². The van der Waals surface area contributed by atoms with Crippen LogP contribution in [0.1, 0.15) is 76.8 Å². The molecule has 0 radical (unpaired) electrons. The minimum Gasteiger partial charge on any atom is -0.343 e. The summed E-state index contributed by atoms with van der Waals surface area (Å²) in [7, 11) is 0. The lowest BCUT2D eigenvalue weighted by atomic mass is 9.59. The van der Waals surface area contributed by atoms with E-state index >= 15 is 0 Å². The molecule has 1 aromatic heterocycles. The van der Waals surface area contributed by atoms with Gasteiger partial charge in [-0.15, -0.1) is 0 Å². The molecule has 152 valence electrons. The molecule has 1 spiro atoms. The topological polar surface area (TPSA) is 53.5 Å². The van der Waals surface area contributed by atoms with Crippen molar-refractivity contribution in [1.29, 1.82) is 0 Å². The highest BCUT2D eigenvalue weighted by Crippen LogP contribution is 2.59. The lowest BCUT2D eigenvalue weighted by molar-refractivity contribution is -0.186.